The molecule has 0 N–H and O–H groups in total. The highest BCUT2D eigenvalue weighted by molar-refractivity contribution is 4.78. The molecule has 0 bridgehead atoms. The van der Waals surface area contributed by atoms with E-state index in [0.29, 0.717) is 0 Å². The Balaban J connectivity index is 0.000000640. The first-order valence-corrected chi connectivity index (χ1v) is 6.31. The van der Waals surface area contributed by atoms with Crippen LogP contribution in [0.5, 0.6) is 0 Å². The summed E-state index contributed by atoms with van der Waals surface area (Å²) in [6.07, 6.45) is 5.95. The molecular formula is C12H24I2N2. The monoisotopic (exact) mass is 450 g/mol. The van der Waals surface area contributed by atoms with Crippen LogP contribution in [0, 0.1) is 0 Å². The van der Waals surface area contributed by atoms with Crippen LogP contribution in [0.2, 0.25) is 0 Å². The second-order valence-electron chi connectivity index (χ2n) is 6.36. The number of halogens is 2. The number of likely N-dealkylation sites (N-methyl/N-ethyl adjacent to an activating group) is 2. The molecular weight excluding hydrogens is 426 g/mol. The molecule has 0 amide bonds. The predicted molar refractivity (Wildman–Crippen MR) is 57.9 cm³/mol. The van der Waals surface area contributed by atoms with Crippen LogP contribution < -0.4 is 48.0 Å². The number of nitrogens with zero attached hydrogens (tertiary/aromatic N) is 2. The summed E-state index contributed by atoms with van der Waals surface area (Å²) in [4.78, 5) is 0. The molecule has 3 aliphatic rings. The van der Waals surface area contributed by atoms with Gasteiger partial charge in [-0.1, -0.05) is 0 Å². The van der Waals surface area contributed by atoms with E-state index < -0.39 is 0 Å². The van der Waals surface area contributed by atoms with Gasteiger partial charge in [0.05, 0.1) is 27.2 Å². The lowest BCUT2D eigenvalue weighted by atomic mass is 10.0. The molecule has 0 saturated carbocycles. The predicted octanol–water partition coefficient (Wildman–Crippen LogP) is -4.77. The van der Waals surface area contributed by atoms with Gasteiger partial charge >= 0.3 is 0 Å². The lowest BCUT2D eigenvalue weighted by Gasteiger charge is -2.50. The Bertz CT molecular complexity index is 235. The minimum Gasteiger partial charge on any atom is -1.00 e. The highest BCUT2D eigenvalue weighted by atomic mass is 127. The second kappa shape index (κ2) is 5.17. The van der Waals surface area contributed by atoms with E-state index in [9.17, 15) is 0 Å². The van der Waals surface area contributed by atoms with Crippen molar-refractivity contribution in [3.05, 3.63) is 0 Å². The Hall–Kier alpha value is 1.38. The lowest BCUT2D eigenvalue weighted by molar-refractivity contribution is -1.03. The van der Waals surface area contributed by atoms with Crippen molar-refractivity contribution < 1.29 is 56.9 Å². The Morgan fingerprint density at radius 2 is 1.12 bits per heavy atom. The largest absolute Gasteiger partial charge is 1.00 e. The Morgan fingerprint density at radius 1 is 0.750 bits per heavy atom. The van der Waals surface area contributed by atoms with Gasteiger partial charge in [0, 0.05) is 25.7 Å². The van der Waals surface area contributed by atoms with E-state index in [4.69, 9.17) is 0 Å². The number of rotatable bonds is 0. The van der Waals surface area contributed by atoms with Crippen molar-refractivity contribution in [2.45, 2.75) is 37.8 Å². The first kappa shape index (κ1) is 15.4. The summed E-state index contributed by atoms with van der Waals surface area (Å²) in [5.74, 6) is 0. The van der Waals surface area contributed by atoms with Crippen LogP contribution in [0.3, 0.4) is 0 Å². The minimum absolute atomic E-state index is 0. The number of hydrogen-bond acceptors (Lipinski definition) is 0. The summed E-state index contributed by atoms with van der Waals surface area (Å²) in [7, 11) is 5.03. The van der Waals surface area contributed by atoms with Crippen LogP contribution in [-0.4, -0.2) is 61.3 Å². The van der Waals surface area contributed by atoms with Gasteiger partial charge in [-0.25, -0.2) is 0 Å². The SMILES string of the molecule is C[N+]12CCCC1C[N+]1(C)CCCC1C2.[I-].[I-]. The summed E-state index contributed by atoms with van der Waals surface area (Å²) in [5, 5.41) is 0. The number of hydrogen-bond donors (Lipinski definition) is 0. The smallest absolute Gasteiger partial charge is 0.139 e. The van der Waals surface area contributed by atoms with Crippen molar-refractivity contribution in [1.29, 1.82) is 0 Å². The van der Waals surface area contributed by atoms with Gasteiger partial charge < -0.3 is 56.9 Å². The van der Waals surface area contributed by atoms with Gasteiger partial charge in [-0.15, -0.1) is 0 Å². The van der Waals surface area contributed by atoms with Gasteiger partial charge in [0.1, 0.15) is 25.2 Å². The van der Waals surface area contributed by atoms with Crippen LogP contribution in [0.4, 0.5) is 0 Å². The molecule has 0 spiro atoms. The van der Waals surface area contributed by atoms with Crippen molar-refractivity contribution in [2.75, 3.05) is 40.3 Å². The summed E-state index contributed by atoms with van der Waals surface area (Å²) in [5.41, 5.74) is 0. The summed E-state index contributed by atoms with van der Waals surface area (Å²) in [6, 6.07) is 1.99. The van der Waals surface area contributed by atoms with E-state index in [2.05, 4.69) is 14.1 Å². The zero-order valence-electron chi connectivity index (χ0n) is 10.5. The fourth-order valence-electron chi connectivity index (χ4n) is 4.39. The molecule has 4 heteroatoms. The van der Waals surface area contributed by atoms with E-state index in [1.165, 1.54) is 60.8 Å². The van der Waals surface area contributed by atoms with Crippen molar-refractivity contribution in [3.63, 3.8) is 0 Å². The molecule has 4 unspecified atom stereocenters. The maximum absolute atomic E-state index is 2.51. The number of piperazine rings is 1. The van der Waals surface area contributed by atoms with Crippen molar-refractivity contribution in [2.24, 2.45) is 0 Å². The molecule has 0 aromatic heterocycles. The third kappa shape index (κ3) is 2.28. The molecule has 96 valence electrons. The molecule has 3 aliphatic heterocycles. The number of fused-ring (bicyclic) bond motifs is 2. The highest BCUT2D eigenvalue weighted by Crippen LogP contribution is 2.38. The molecule has 16 heavy (non-hydrogen) atoms. The number of quaternary nitrogens is 2. The molecule has 2 nitrogen and oxygen atoms in total. The van der Waals surface area contributed by atoms with Crippen molar-refractivity contribution >= 4 is 0 Å². The zero-order valence-corrected chi connectivity index (χ0v) is 14.8. The van der Waals surface area contributed by atoms with E-state index >= 15 is 0 Å². The molecule has 3 rings (SSSR count). The highest BCUT2D eigenvalue weighted by Gasteiger charge is 2.54. The molecule has 0 radical (unpaired) electrons. The molecule has 0 aromatic rings. The van der Waals surface area contributed by atoms with Crippen molar-refractivity contribution in [3.8, 4) is 0 Å². The quantitative estimate of drug-likeness (QED) is 0.257. The van der Waals surface area contributed by atoms with Gasteiger partial charge in [0.25, 0.3) is 0 Å². The van der Waals surface area contributed by atoms with Crippen LogP contribution in [0.1, 0.15) is 25.7 Å². The Kier molecular flexibility index (Phi) is 4.99. The van der Waals surface area contributed by atoms with E-state index in [1.807, 2.05) is 0 Å². The maximum Gasteiger partial charge on any atom is 0.139 e. The molecule has 0 aliphatic carbocycles. The fraction of sp³-hybridized carbons (Fsp3) is 1.00. The zero-order chi connectivity index (χ0) is 9.81. The Morgan fingerprint density at radius 3 is 1.50 bits per heavy atom. The second-order valence-corrected chi connectivity index (χ2v) is 6.36. The first-order valence-electron chi connectivity index (χ1n) is 6.31. The topological polar surface area (TPSA) is 0 Å². The molecule has 3 fully saturated rings. The van der Waals surface area contributed by atoms with Gasteiger partial charge in [-0.3, -0.25) is 0 Å². The first-order chi connectivity index (χ1) is 6.62. The van der Waals surface area contributed by atoms with Gasteiger partial charge in [0.2, 0.25) is 0 Å². The maximum atomic E-state index is 2.51. The summed E-state index contributed by atoms with van der Waals surface area (Å²) in [6.45, 7) is 5.87. The van der Waals surface area contributed by atoms with Gasteiger partial charge in [0.15, 0.2) is 0 Å². The van der Waals surface area contributed by atoms with E-state index in [1.54, 1.807) is 0 Å². The molecule has 4 atom stereocenters. The third-order valence-corrected chi connectivity index (χ3v) is 5.43. The average Bonchev–Trinajstić information content (AvgIpc) is 2.61. The summed E-state index contributed by atoms with van der Waals surface area (Å²) >= 11 is 0. The lowest BCUT2D eigenvalue weighted by Crippen LogP contribution is -3.00. The van der Waals surface area contributed by atoms with Crippen LogP contribution in [0.25, 0.3) is 0 Å². The van der Waals surface area contributed by atoms with Crippen molar-refractivity contribution in [1.82, 2.24) is 0 Å². The van der Waals surface area contributed by atoms with Gasteiger partial charge in [-0.2, -0.15) is 0 Å². The van der Waals surface area contributed by atoms with E-state index in [0.717, 1.165) is 12.1 Å². The van der Waals surface area contributed by atoms with Crippen LogP contribution in [0.15, 0.2) is 0 Å². The fourth-order valence-corrected chi connectivity index (χ4v) is 4.39. The molecule has 0 aromatic carbocycles. The van der Waals surface area contributed by atoms with Gasteiger partial charge in [-0.05, 0) is 0 Å². The Labute approximate surface area is 134 Å². The van der Waals surface area contributed by atoms with E-state index in [-0.39, 0.29) is 48.0 Å². The molecule has 3 heterocycles. The third-order valence-electron chi connectivity index (χ3n) is 5.43. The summed E-state index contributed by atoms with van der Waals surface area (Å²) < 4.78 is 2.83. The standard InChI is InChI=1S/C12H24N2.2HI/c1-13-7-3-5-11(13)10-14(2)8-4-6-12(14)9-13;;/h11-12H,3-10H2,1-2H3;2*1H/q+2;;/p-2. The minimum atomic E-state index is 0. The average molecular weight is 450 g/mol. The molecule has 3 saturated heterocycles. The normalized spacial score (nSPS) is 49.9. The van der Waals surface area contributed by atoms with Crippen LogP contribution >= 0.6 is 0 Å². The van der Waals surface area contributed by atoms with Crippen LogP contribution in [-0.2, 0) is 0 Å².